The number of hydrogen-bond donors (Lipinski definition) is 1. The van der Waals surface area contributed by atoms with E-state index in [9.17, 15) is 13.2 Å². The molecule has 1 amide bonds. The van der Waals surface area contributed by atoms with Crippen LogP contribution < -0.4 is 5.73 Å². The van der Waals surface area contributed by atoms with Gasteiger partial charge in [-0.1, -0.05) is 20.8 Å². The summed E-state index contributed by atoms with van der Waals surface area (Å²) < 4.78 is 28.5. The van der Waals surface area contributed by atoms with Gasteiger partial charge in [0.2, 0.25) is 0 Å². The minimum atomic E-state index is -3.61. The third-order valence-corrected chi connectivity index (χ3v) is 3.83. The Kier molecular flexibility index (Phi) is 4.59. The number of hydrogen-bond acceptors (Lipinski definition) is 6. The van der Waals surface area contributed by atoms with Crippen molar-refractivity contribution in [1.82, 2.24) is 4.98 Å². The Bertz CT molecular complexity index is 699. The van der Waals surface area contributed by atoms with Gasteiger partial charge >= 0.3 is 6.09 Å². The quantitative estimate of drug-likeness (QED) is 0.903. The van der Waals surface area contributed by atoms with E-state index in [0.717, 1.165) is 12.5 Å². The first-order valence-corrected chi connectivity index (χ1v) is 7.92. The van der Waals surface area contributed by atoms with Crippen molar-refractivity contribution in [2.45, 2.75) is 31.8 Å². The summed E-state index contributed by atoms with van der Waals surface area (Å²) in [4.78, 5) is 14.9. The number of carbonyl (C=O) groups is 1. The van der Waals surface area contributed by atoms with Gasteiger partial charge in [0.05, 0.1) is 16.2 Å². The molecule has 2 N–H and O–H groups in total. The lowest BCUT2D eigenvalue weighted by molar-refractivity contribution is 0.0330. The molecule has 0 saturated carbocycles. The fourth-order valence-corrected chi connectivity index (χ4v) is 2.62. The highest BCUT2D eigenvalue weighted by molar-refractivity contribution is 7.90. The fourth-order valence-electron chi connectivity index (χ4n) is 1.78. The van der Waals surface area contributed by atoms with Gasteiger partial charge < -0.3 is 10.5 Å². The topological polar surface area (TPSA) is 123 Å². The Labute approximate surface area is 123 Å². The molecule has 8 heteroatoms. The molecule has 0 aliphatic heterocycles. The van der Waals surface area contributed by atoms with E-state index in [1.54, 1.807) is 26.8 Å². The number of ether oxygens (including phenoxy) is 1. The first kappa shape index (κ1) is 16.9. The molecule has 1 heterocycles. The van der Waals surface area contributed by atoms with Crippen LogP contribution in [0.5, 0.6) is 0 Å². The highest BCUT2D eigenvalue weighted by atomic mass is 32.2. The van der Waals surface area contributed by atoms with Gasteiger partial charge in [-0.2, -0.15) is 5.26 Å². The third kappa shape index (κ3) is 4.16. The fraction of sp³-hybridized carbons (Fsp3) is 0.462. The Balaban J connectivity index is 3.49. The highest BCUT2D eigenvalue weighted by Gasteiger charge is 2.32. The van der Waals surface area contributed by atoms with E-state index < -0.39 is 27.4 Å². The molecule has 1 atom stereocenters. The van der Waals surface area contributed by atoms with E-state index in [2.05, 4.69) is 4.98 Å². The number of primary amides is 1. The van der Waals surface area contributed by atoms with Crippen molar-refractivity contribution in [2.24, 2.45) is 11.1 Å². The van der Waals surface area contributed by atoms with Crippen LogP contribution in [0.1, 0.15) is 38.1 Å². The minimum Gasteiger partial charge on any atom is -0.439 e. The van der Waals surface area contributed by atoms with Crippen molar-refractivity contribution < 1.29 is 17.9 Å². The molecule has 0 bridgehead atoms. The van der Waals surface area contributed by atoms with Crippen LogP contribution in [0.4, 0.5) is 4.79 Å². The van der Waals surface area contributed by atoms with Crippen LogP contribution in [0, 0.1) is 16.7 Å². The van der Waals surface area contributed by atoms with E-state index in [1.807, 2.05) is 0 Å². The molecule has 0 radical (unpaired) electrons. The highest BCUT2D eigenvalue weighted by Crippen LogP contribution is 2.36. The Morgan fingerprint density at radius 2 is 2.05 bits per heavy atom. The standard InChI is InChI=1S/C13H17N3O4S/c1-13(2,3)11(20-12(15)17)9-5-10(21(4,18)19)8(6-14)7-16-9/h5,7,11H,1-4H3,(H2,15,17). The molecule has 0 aliphatic rings. The van der Waals surface area contributed by atoms with E-state index in [-0.39, 0.29) is 16.2 Å². The van der Waals surface area contributed by atoms with Crippen LogP contribution in [0.15, 0.2) is 17.2 Å². The summed E-state index contributed by atoms with van der Waals surface area (Å²) in [6.45, 7) is 5.38. The molecule has 21 heavy (non-hydrogen) atoms. The number of carbonyl (C=O) groups excluding carboxylic acids is 1. The number of nitrogens with two attached hydrogens (primary N) is 1. The van der Waals surface area contributed by atoms with Crippen molar-refractivity contribution >= 4 is 15.9 Å². The summed E-state index contributed by atoms with van der Waals surface area (Å²) in [5.74, 6) is 0. The molecule has 1 rings (SSSR count). The minimum absolute atomic E-state index is 0.0621. The molecule has 114 valence electrons. The largest absolute Gasteiger partial charge is 0.439 e. The predicted molar refractivity (Wildman–Crippen MR) is 74.9 cm³/mol. The second-order valence-corrected chi connectivity index (χ2v) is 7.66. The number of amides is 1. The van der Waals surface area contributed by atoms with Crippen LogP contribution in [0.2, 0.25) is 0 Å². The first-order chi connectivity index (χ1) is 9.46. The molecular weight excluding hydrogens is 294 g/mol. The lowest BCUT2D eigenvalue weighted by Crippen LogP contribution is -2.28. The van der Waals surface area contributed by atoms with Crippen molar-refractivity contribution in [3.8, 4) is 6.07 Å². The molecule has 1 aromatic heterocycles. The van der Waals surface area contributed by atoms with Crippen molar-refractivity contribution in [3.05, 3.63) is 23.5 Å². The molecule has 7 nitrogen and oxygen atoms in total. The smallest absolute Gasteiger partial charge is 0.405 e. The predicted octanol–water partition coefficient (Wildman–Crippen LogP) is 1.54. The van der Waals surface area contributed by atoms with Gasteiger partial charge in [0.25, 0.3) is 0 Å². The first-order valence-electron chi connectivity index (χ1n) is 6.03. The Morgan fingerprint density at radius 3 is 2.43 bits per heavy atom. The maximum Gasteiger partial charge on any atom is 0.405 e. The summed E-state index contributed by atoms with van der Waals surface area (Å²) in [7, 11) is -3.61. The average Bonchev–Trinajstić information content (AvgIpc) is 2.32. The maximum atomic E-state index is 11.7. The van der Waals surface area contributed by atoms with Gasteiger partial charge in [-0.25, -0.2) is 13.2 Å². The summed E-state index contributed by atoms with van der Waals surface area (Å²) in [5.41, 5.74) is 4.66. The lowest BCUT2D eigenvalue weighted by atomic mass is 9.86. The molecule has 0 spiro atoms. The number of aromatic nitrogens is 1. The average molecular weight is 311 g/mol. The van der Waals surface area contributed by atoms with Crippen molar-refractivity contribution in [2.75, 3.05) is 6.26 Å². The molecule has 1 aromatic rings. The number of nitrogens with zero attached hydrogens (tertiary/aromatic N) is 2. The normalized spacial score (nSPS) is 13.3. The maximum absolute atomic E-state index is 11.7. The number of rotatable bonds is 3. The van der Waals surface area contributed by atoms with Gasteiger partial charge in [-0.15, -0.1) is 0 Å². The van der Waals surface area contributed by atoms with E-state index in [0.29, 0.717) is 0 Å². The van der Waals surface area contributed by atoms with Crippen LogP contribution in [-0.4, -0.2) is 25.8 Å². The number of nitriles is 1. The molecule has 1 unspecified atom stereocenters. The number of pyridine rings is 1. The summed E-state index contributed by atoms with van der Waals surface area (Å²) in [6.07, 6.45) is 0.327. The van der Waals surface area contributed by atoms with Crippen LogP contribution >= 0.6 is 0 Å². The summed E-state index contributed by atoms with van der Waals surface area (Å²) >= 11 is 0. The van der Waals surface area contributed by atoms with Crippen molar-refractivity contribution in [3.63, 3.8) is 0 Å². The molecule has 0 saturated heterocycles. The summed E-state index contributed by atoms with van der Waals surface area (Å²) in [5, 5.41) is 8.96. The molecule has 0 aromatic carbocycles. The number of sulfone groups is 1. The van der Waals surface area contributed by atoms with E-state index in [1.165, 1.54) is 6.07 Å². The third-order valence-electron chi connectivity index (χ3n) is 2.70. The zero-order valence-electron chi connectivity index (χ0n) is 12.2. The van der Waals surface area contributed by atoms with Gasteiger partial charge in [-0.05, 0) is 6.07 Å². The van der Waals surface area contributed by atoms with Gasteiger partial charge in [-0.3, -0.25) is 4.98 Å². The second-order valence-electron chi connectivity index (χ2n) is 5.67. The van der Waals surface area contributed by atoms with Crippen LogP contribution in [-0.2, 0) is 14.6 Å². The van der Waals surface area contributed by atoms with Gasteiger partial charge in [0, 0.05) is 17.9 Å². The van der Waals surface area contributed by atoms with Crippen LogP contribution in [0.25, 0.3) is 0 Å². The van der Waals surface area contributed by atoms with Crippen molar-refractivity contribution in [1.29, 1.82) is 5.26 Å². The molecule has 0 fully saturated rings. The lowest BCUT2D eigenvalue weighted by Gasteiger charge is -2.29. The molecular formula is C13H17N3O4S. The SMILES string of the molecule is CC(C)(C)C(OC(N)=O)c1cc(S(C)(=O)=O)c(C#N)cn1. The van der Waals surface area contributed by atoms with E-state index >= 15 is 0 Å². The van der Waals surface area contributed by atoms with Gasteiger partial charge in [0.15, 0.2) is 15.9 Å². The molecule has 0 aliphatic carbocycles. The Morgan fingerprint density at radius 1 is 1.48 bits per heavy atom. The summed E-state index contributed by atoms with van der Waals surface area (Å²) in [6, 6.07) is 3.02. The van der Waals surface area contributed by atoms with E-state index in [4.69, 9.17) is 15.7 Å². The second kappa shape index (κ2) is 5.69. The van der Waals surface area contributed by atoms with Crippen LogP contribution in [0.3, 0.4) is 0 Å². The van der Waals surface area contributed by atoms with Gasteiger partial charge in [0.1, 0.15) is 6.07 Å². The zero-order chi connectivity index (χ0) is 16.4. The Hall–Kier alpha value is -2.14. The monoisotopic (exact) mass is 311 g/mol. The zero-order valence-corrected chi connectivity index (χ0v) is 13.1.